The predicted molar refractivity (Wildman–Crippen MR) is 95.6 cm³/mol. The maximum absolute atomic E-state index is 12.4. The second-order valence-electron chi connectivity index (χ2n) is 7.04. The van der Waals surface area contributed by atoms with Crippen LogP contribution in [0.4, 0.5) is 4.79 Å². The molecule has 1 aliphatic carbocycles. The minimum absolute atomic E-state index is 0.125. The first kappa shape index (κ1) is 17.9. The van der Waals surface area contributed by atoms with Gasteiger partial charge in [-0.3, -0.25) is 0 Å². The first-order valence-electron chi connectivity index (χ1n) is 8.90. The van der Waals surface area contributed by atoms with Gasteiger partial charge < -0.3 is 15.1 Å². The third-order valence-electron chi connectivity index (χ3n) is 4.96. The third kappa shape index (κ3) is 5.65. The van der Waals surface area contributed by atoms with E-state index < -0.39 is 0 Å². The number of thioether (sulfide) groups is 1. The van der Waals surface area contributed by atoms with Gasteiger partial charge in [0.25, 0.3) is 0 Å². The molecule has 0 bridgehead atoms. The van der Waals surface area contributed by atoms with E-state index in [2.05, 4.69) is 24.2 Å². The third-order valence-corrected chi connectivity index (χ3v) is 6.19. The summed E-state index contributed by atoms with van der Waals surface area (Å²) in [5.41, 5.74) is 0. The molecule has 0 aromatic rings. The molecule has 0 unspecified atom stereocenters. The fourth-order valence-electron chi connectivity index (χ4n) is 3.84. The van der Waals surface area contributed by atoms with Gasteiger partial charge >= 0.3 is 6.03 Å². The standard InChI is InChI=1S/C17H33N3OS/c1-4-22-16-9-5-8-15(11-16)18-17(21)20(3)13-14-7-6-10-19(2)12-14/h14-16H,4-13H2,1-3H3,(H,18,21)/t14-,15-,16-/m1/s1. The molecular weight excluding hydrogens is 294 g/mol. The van der Waals surface area contributed by atoms with Crippen LogP contribution in [0, 0.1) is 5.92 Å². The van der Waals surface area contributed by atoms with Gasteiger partial charge in [-0.25, -0.2) is 4.79 Å². The molecule has 2 aliphatic rings. The number of nitrogens with zero attached hydrogens (tertiary/aromatic N) is 2. The SMILES string of the molecule is CCS[C@@H]1CCC[C@@H](NC(=O)N(C)C[C@@H]2CCCN(C)C2)C1. The summed E-state index contributed by atoms with van der Waals surface area (Å²) in [5, 5.41) is 4.01. The fourth-order valence-corrected chi connectivity index (χ4v) is 5.01. The second-order valence-corrected chi connectivity index (χ2v) is 8.62. The Balaban J connectivity index is 1.73. The summed E-state index contributed by atoms with van der Waals surface area (Å²) in [6.45, 7) is 5.43. The van der Waals surface area contributed by atoms with Gasteiger partial charge in [-0.1, -0.05) is 13.3 Å². The molecule has 0 radical (unpaired) electrons. The number of carbonyl (C=O) groups is 1. The lowest BCUT2D eigenvalue weighted by molar-refractivity contribution is 0.160. The van der Waals surface area contributed by atoms with E-state index in [4.69, 9.17) is 0 Å². The van der Waals surface area contributed by atoms with Crippen LogP contribution in [0.3, 0.4) is 0 Å². The number of hydrogen-bond donors (Lipinski definition) is 1. The zero-order valence-corrected chi connectivity index (χ0v) is 15.3. The van der Waals surface area contributed by atoms with E-state index >= 15 is 0 Å². The van der Waals surface area contributed by atoms with Crippen LogP contribution in [-0.4, -0.2) is 66.6 Å². The summed E-state index contributed by atoms with van der Waals surface area (Å²) in [6.07, 6.45) is 7.36. The van der Waals surface area contributed by atoms with Crippen LogP contribution in [0.5, 0.6) is 0 Å². The number of likely N-dealkylation sites (tertiary alicyclic amines) is 1. The first-order chi connectivity index (χ1) is 10.6. The molecule has 0 aromatic carbocycles. The fraction of sp³-hybridized carbons (Fsp3) is 0.941. The van der Waals surface area contributed by atoms with Crippen molar-refractivity contribution in [1.82, 2.24) is 15.1 Å². The number of hydrogen-bond acceptors (Lipinski definition) is 3. The largest absolute Gasteiger partial charge is 0.335 e. The van der Waals surface area contributed by atoms with Crippen molar-refractivity contribution in [3.63, 3.8) is 0 Å². The van der Waals surface area contributed by atoms with Gasteiger partial charge in [0.1, 0.15) is 0 Å². The lowest BCUT2D eigenvalue weighted by Gasteiger charge is -2.34. The molecule has 128 valence electrons. The molecule has 1 saturated heterocycles. The van der Waals surface area contributed by atoms with E-state index in [0.29, 0.717) is 12.0 Å². The van der Waals surface area contributed by atoms with Gasteiger partial charge in [-0.15, -0.1) is 0 Å². The molecule has 1 N–H and O–H groups in total. The molecule has 3 atom stereocenters. The van der Waals surface area contributed by atoms with Crippen molar-refractivity contribution in [3.8, 4) is 0 Å². The van der Waals surface area contributed by atoms with Crippen molar-refractivity contribution in [3.05, 3.63) is 0 Å². The lowest BCUT2D eigenvalue weighted by atomic mass is 9.95. The monoisotopic (exact) mass is 327 g/mol. The van der Waals surface area contributed by atoms with Gasteiger partial charge in [-0.2, -0.15) is 11.8 Å². The lowest BCUT2D eigenvalue weighted by Crippen LogP contribution is -2.48. The number of amides is 2. The average Bonchev–Trinajstić information content (AvgIpc) is 2.48. The summed E-state index contributed by atoms with van der Waals surface area (Å²) < 4.78 is 0. The summed E-state index contributed by atoms with van der Waals surface area (Å²) >= 11 is 2.05. The molecule has 2 fully saturated rings. The van der Waals surface area contributed by atoms with Crippen LogP contribution in [0.1, 0.15) is 45.4 Å². The Kier molecular flexibility index (Phi) is 7.35. The van der Waals surface area contributed by atoms with Crippen molar-refractivity contribution in [2.24, 2.45) is 5.92 Å². The predicted octanol–water partition coefficient (Wildman–Crippen LogP) is 3.03. The van der Waals surface area contributed by atoms with Gasteiger partial charge in [0.05, 0.1) is 0 Å². The molecule has 1 heterocycles. The topological polar surface area (TPSA) is 35.6 Å². The maximum atomic E-state index is 12.4. The molecule has 2 rings (SSSR count). The highest BCUT2D eigenvalue weighted by Gasteiger charge is 2.25. The molecule has 4 nitrogen and oxygen atoms in total. The highest BCUT2D eigenvalue weighted by Crippen LogP contribution is 2.28. The number of carbonyl (C=O) groups excluding carboxylic acids is 1. The van der Waals surface area contributed by atoms with E-state index in [-0.39, 0.29) is 6.03 Å². The minimum Gasteiger partial charge on any atom is -0.335 e. The van der Waals surface area contributed by atoms with Crippen LogP contribution < -0.4 is 5.32 Å². The van der Waals surface area contributed by atoms with Crippen LogP contribution >= 0.6 is 11.8 Å². The van der Waals surface area contributed by atoms with Crippen LogP contribution in [0.15, 0.2) is 0 Å². The number of urea groups is 1. The van der Waals surface area contributed by atoms with E-state index in [1.54, 1.807) is 0 Å². The molecule has 22 heavy (non-hydrogen) atoms. The Labute approximate surface area is 140 Å². The number of nitrogens with one attached hydrogen (secondary N) is 1. The Morgan fingerprint density at radius 2 is 2.14 bits per heavy atom. The smallest absolute Gasteiger partial charge is 0.317 e. The van der Waals surface area contributed by atoms with E-state index in [1.807, 2.05) is 23.7 Å². The maximum Gasteiger partial charge on any atom is 0.317 e. The summed E-state index contributed by atoms with van der Waals surface area (Å²) in [5.74, 6) is 1.81. The molecule has 1 saturated carbocycles. The zero-order chi connectivity index (χ0) is 15.9. The average molecular weight is 328 g/mol. The van der Waals surface area contributed by atoms with Gasteiger partial charge in [0.15, 0.2) is 0 Å². The van der Waals surface area contributed by atoms with Crippen molar-refractivity contribution >= 4 is 17.8 Å². The number of rotatable bonds is 5. The Bertz CT molecular complexity index is 351. The van der Waals surface area contributed by atoms with Crippen molar-refractivity contribution < 1.29 is 4.79 Å². The zero-order valence-electron chi connectivity index (χ0n) is 14.5. The van der Waals surface area contributed by atoms with Crippen molar-refractivity contribution in [1.29, 1.82) is 0 Å². The van der Waals surface area contributed by atoms with Crippen LogP contribution in [0.25, 0.3) is 0 Å². The quantitative estimate of drug-likeness (QED) is 0.843. The highest BCUT2D eigenvalue weighted by atomic mass is 32.2. The van der Waals surface area contributed by atoms with Crippen LogP contribution in [-0.2, 0) is 0 Å². The Hall–Kier alpha value is -0.420. The van der Waals surface area contributed by atoms with Gasteiger partial charge in [0.2, 0.25) is 0 Å². The normalized spacial score (nSPS) is 30.0. The molecule has 2 amide bonds. The first-order valence-corrected chi connectivity index (χ1v) is 9.95. The number of piperidine rings is 1. The molecule has 0 aromatic heterocycles. The van der Waals surface area contributed by atoms with E-state index in [0.717, 1.165) is 31.2 Å². The summed E-state index contributed by atoms with van der Waals surface area (Å²) in [4.78, 5) is 16.7. The Morgan fingerprint density at radius 3 is 2.86 bits per heavy atom. The Morgan fingerprint density at radius 1 is 1.32 bits per heavy atom. The minimum atomic E-state index is 0.125. The summed E-state index contributed by atoms with van der Waals surface area (Å²) in [6, 6.07) is 0.502. The summed E-state index contributed by atoms with van der Waals surface area (Å²) in [7, 11) is 4.13. The highest BCUT2D eigenvalue weighted by molar-refractivity contribution is 7.99. The molecule has 1 aliphatic heterocycles. The van der Waals surface area contributed by atoms with Crippen molar-refractivity contribution in [2.45, 2.75) is 56.7 Å². The second kappa shape index (κ2) is 9.02. The van der Waals surface area contributed by atoms with E-state index in [9.17, 15) is 4.79 Å². The van der Waals surface area contributed by atoms with Crippen LogP contribution in [0.2, 0.25) is 0 Å². The molecule has 0 spiro atoms. The van der Waals surface area contributed by atoms with E-state index in [1.165, 1.54) is 38.0 Å². The van der Waals surface area contributed by atoms with Gasteiger partial charge in [-0.05, 0) is 57.4 Å². The van der Waals surface area contributed by atoms with Gasteiger partial charge in [0, 0.05) is 31.4 Å². The molecule has 5 heteroatoms. The van der Waals surface area contributed by atoms with Crippen molar-refractivity contribution in [2.75, 3.05) is 39.5 Å². The molecular formula is C17H33N3OS.